The fourth-order valence-corrected chi connectivity index (χ4v) is 3.42. The molecule has 0 saturated heterocycles. The number of benzene rings is 3. The van der Waals surface area contributed by atoms with Crippen molar-refractivity contribution in [3.05, 3.63) is 90.0 Å². The molecule has 0 bridgehead atoms. The second-order valence-electron chi connectivity index (χ2n) is 7.18. The topological polar surface area (TPSA) is 27.7 Å². The molecule has 0 amide bonds. The number of allylic oxidation sites excluding steroid dienone is 2. The Morgan fingerprint density at radius 1 is 0.903 bits per heavy atom. The van der Waals surface area contributed by atoms with Crippen LogP contribution in [0.25, 0.3) is 5.57 Å². The smallest absolute Gasteiger partial charge is 0.416 e. The highest BCUT2D eigenvalue weighted by Crippen LogP contribution is 2.41. The molecular weight excluding hydrogens is 405 g/mol. The fraction of sp³-hybridized carbons (Fsp3) is 0.200. The van der Waals surface area contributed by atoms with Crippen molar-refractivity contribution < 1.29 is 27.4 Å². The summed E-state index contributed by atoms with van der Waals surface area (Å²) in [4.78, 5) is 0. The Kier molecular flexibility index (Phi) is 5.89. The zero-order valence-electron chi connectivity index (χ0n) is 16.9. The van der Waals surface area contributed by atoms with Crippen molar-refractivity contribution in [3.63, 3.8) is 0 Å². The molecule has 31 heavy (non-hydrogen) atoms. The molecule has 160 valence electrons. The number of aryl methyl sites for hydroxylation is 1. The minimum atomic E-state index is -4.47. The zero-order chi connectivity index (χ0) is 21.8. The fourth-order valence-electron chi connectivity index (χ4n) is 3.42. The van der Waals surface area contributed by atoms with Gasteiger partial charge in [-0.2, -0.15) is 13.2 Å². The monoisotopic (exact) mass is 426 g/mol. The van der Waals surface area contributed by atoms with Gasteiger partial charge in [-0.1, -0.05) is 42.5 Å². The first kappa shape index (κ1) is 20.8. The van der Waals surface area contributed by atoms with Crippen molar-refractivity contribution in [1.82, 2.24) is 0 Å². The SMILES string of the molecule is CC1Oc2ccc(C(=CCCc3cccc(Oc4ccccc4)c3)C(F)(F)F)cc2O1. The number of halogens is 3. The molecule has 6 heteroatoms. The van der Waals surface area contributed by atoms with Crippen LogP contribution in [0, 0.1) is 0 Å². The van der Waals surface area contributed by atoms with Crippen molar-refractivity contribution in [3.8, 4) is 23.0 Å². The Labute approximate surface area is 178 Å². The summed E-state index contributed by atoms with van der Waals surface area (Å²) in [7, 11) is 0. The van der Waals surface area contributed by atoms with E-state index in [9.17, 15) is 13.2 Å². The van der Waals surface area contributed by atoms with Crippen LogP contribution in [0.4, 0.5) is 13.2 Å². The third-order valence-corrected chi connectivity index (χ3v) is 4.80. The maximum absolute atomic E-state index is 13.7. The van der Waals surface area contributed by atoms with Gasteiger partial charge in [0.1, 0.15) is 11.5 Å². The Morgan fingerprint density at radius 3 is 2.42 bits per heavy atom. The maximum atomic E-state index is 13.7. The molecule has 3 nitrogen and oxygen atoms in total. The standard InChI is InChI=1S/C25H21F3O3/c1-17-29-23-14-13-19(16-24(23)30-17)22(25(26,27)28)12-6-8-18-7-5-11-21(15-18)31-20-9-3-2-4-10-20/h2-5,7,9-17H,6,8H2,1H3. The highest BCUT2D eigenvalue weighted by atomic mass is 19.4. The Bertz CT molecular complexity index is 1070. The van der Waals surface area contributed by atoms with Gasteiger partial charge in [0, 0.05) is 6.92 Å². The number of ether oxygens (including phenoxy) is 3. The van der Waals surface area contributed by atoms with Gasteiger partial charge in [0.15, 0.2) is 11.5 Å². The summed E-state index contributed by atoms with van der Waals surface area (Å²) in [5.74, 6) is 2.13. The predicted molar refractivity (Wildman–Crippen MR) is 112 cm³/mol. The van der Waals surface area contributed by atoms with E-state index in [0.717, 1.165) is 5.56 Å². The van der Waals surface area contributed by atoms with Gasteiger partial charge in [-0.3, -0.25) is 0 Å². The van der Waals surface area contributed by atoms with E-state index in [4.69, 9.17) is 14.2 Å². The Hall–Kier alpha value is -3.41. The summed E-state index contributed by atoms with van der Waals surface area (Å²) in [6, 6.07) is 21.0. The van der Waals surface area contributed by atoms with Crippen LogP contribution in [-0.4, -0.2) is 12.5 Å². The van der Waals surface area contributed by atoms with Gasteiger partial charge >= 0.3 is 6.18 Å². The molecule has 0 fully saturated rings. The quantitative estimate of drug-likeness (QED) is 0.418. The van der Waals surface area contributed by atoms with Gasteiger partial charge in [0.05, 0.1) is 5.57 Å². The lowest BCUT2D eigenvalue weighted by molar-refractivity contribution is -0.0690. The highest BCUT2D eigenvalue weighted by Gasteiger charge is 2.35. The van der Waals surface area contributed by atoms with Crippen molar-refractivity contribution in [2.75, 3.05) is 0 Å². The third kappa shape index (κ3) is 5.20. The number of fused-ring (bicyclic) bond motifs is 1. The van der Waals surface area contributed by atoms with E-state index in [1.165, 1.54) is 24.3 Å². The predicted octanol–water partition coefficient (Wildman–Crippen LogP) is 7.17. The summed E-state index contributed by atoms with van der Waals surface area (Å²) < 4.78 is 57.7. The first-order chi connectivity index (χ1) is 14.9. The van der Waals surface area contributed by atoms with Crippen LogP contribution in [0.2, 0.25) is 0 Å². The van der Waals surface area contributed by atoms with Crippen LogP contribution in [0.1, 0.15) is 24.5 Å². The Morgan fingerprint density at radius 2 is 1.65 bits per heavy atom. The van der Waals surface area contributed by atoms with Gasteiger partial charge in [-0.15, -0.1) is 0 Å². The molecule has 0 aromatic heterocycles. The summed E-state index contributed by atoms with van der Waals surface area (Å²) in [5, 5.41) is 0. The lowest BCUT2D eigenvalue weighted by Crippen LogP contribution is -2.11. The first-order valence-corrected chi connectivity index (χ1v) is 9.95. The number of hydrogen-bond acceptors (Lipinski definition) is 3. The number of alkyl halides is 3. The number of para-hydroxylation sites is 1. The summed E-state index contributed by atoms with van der Waals surface area (Å²) >= 11 is 0. The van der Waals surface area contributed by atoms with E-state index in [1.54, 1.807) is 6.92 Å². The number of rotatable bonds is 6. The van der Waals surface area contributed by atoms with Crippen LogP contribution in [-0.2, 0) is 6.42 Å². The van der Waals surface area contributed by atoms with Crippen LogP contribution in [0.5, 0.6) is 23.0 Å². The van der Waals surface area contributed by atoms with Crippen molar-refractivity contribution in [2.24, 2.45) is 0 Å². The molecule has 1 unspecified atom stereocenters. The molecule has 0 N–H and O–H groups in total. The van der Waals surface area contributed by atoms with Gasteiger partial charge < -0.3 is 14.2 Å². The van der Waals surface area contributed by atoms with Gasteiger partial charge in [0.25, 0.3) is 0 Å². The second kappa shape index (κ2) is 8.76. The molecule has 0 aliphatic carbocycles. The molecule has 3 aromatic carbocycles. The van der Waals surface area contributed by atoms with Gasteiger partial charge in [-0.25, -0.2) is 0 Å². The third-order valence-electron chi connectivity index (χ3n) is 4.80. The van der Waals surface area contributed by atoms with Crippen LogP contribution in [0.3, 0.4) is 0 Å². The van der Waals surface area contributed by atoms with E-state index < -0.39 is 18.0 Å². The molecule has 0 spiro atoms. The molecule has 0 radical (unpaired) electrons. The van der Waals surface area contributed by atoms with Crippen molar-refractivity contribution in [1.29, 1.82) is 0 Å². The van der Waals surface area contributed by atoms with Crippen LogP contribution in [0.15, 0.2) is 78.9 Å². The van der Waals surface area contributed by atoms with E-state index in [1.807, 2.05) is 54.6 Å². The largest absolute Gasteiger partial charge is 0.457 e. The van der Waals surface area contributed by atoms with E-state index >= 15 is 0 Å². The van der Waals surface area contributed by atoms with E-state index in [-0.39, 0.29) is 12.0 Å². The molecule has 0 saturated carbocycles. The summed E-state index contributed by atoms with van der Waals surface area (Å²) in [6.45, 7) is 1.69. The van der Waals surface area contributed by atoms with Crippen LogP contribution >= 0.6 is 0 Å². The van der Waals surface area contributed by atoms with Gasteiger partial charge in [0.2, 0.25) is 6.29 Å². The lowest BCUT2D eigenvalue weighted by Gasteiger charge is -2.13. The molecule has 1 aliphatic rings. The Balaban J connectivity index is 1.48. The normalized spacial score (nSPS) is 15.7. The van der Waals surface area contributed by atoms with Crippen molar-refractivity contribution in [2.45, 2.75) is 32.2 Å². The average molecular weight is 426 g/mol. The molecule has 1 heterocycles. The summed E-state index contributed by atoms with van der Waals surface area (Å²) in [6.07, 6.45) is -3.07. The molecule has 1 aliphatic heterocycles. The molecule has 4 rings (SSSR count). The minimum absolute atomic E-state index is 0.0603. The highest BCUT2D eigenvalue weighted by molar-refractivity contribution is 5.72. The first-order valence-electron chi connectivity index (χ1n) is 9.95. The second-order valence-corrected chi connectivity index (χ2v) is 7.18. The van der Waals surface area contributed by atoms with E-state index in [0.29, 0.717) is 29.4 Å². The summed E-state index contributed by atoms with van der Waals surface area (Å²) in [5.41, 5.74) is 0.269. The van der Waals surface area contributed by atoms with Crippen molar-refractivity contribution >= 4 is 5.57 Å². The zero-order valence-corrected chi connectivity index (χ0v) is 16.9. The van der Waals surface area contributed by atoms with E-state index in [2.05, 4.69) is 0 Å². The van der Waals surface area contributed by atoms with Crippen LogP contribution < -0.4 is 14.2 Å². The average Bonchev–Trinajstić information content (AvgIpc) is 3.10. The van der Waals surface area contributed by atoms with Gasteiger partial charge in [-0.05, 0) is 60.4 Å². The minimum Gasteiger partial charge on any atom is -0.457 e. The molecular formula is C25H21F3O3. The molecule has 1 atom stereocenters. The molecule has 3 aromatic rings. The number of hydrogen-bond donors (Lipinski definition) is 0. The lowest BCUT2D eigenvalue weighted by atomic mass is 10.0. The maximum Gasteiger partial charge on any atom is 0.416 e.